The van der Waals surface area contributed by atoms with E-state index in [2.05, 4.69) is 22.6 Å². The lowest BCUT2D eigenvalue weighted by atomic mass is 10.2. The van der Waals surface area contributed by atoms with E-state index in [1.54, 1.807) is 6.20 Å². The molecule has 0 amide bonds. The average Bonchev–Trinajstić information content (AvgIpc) is 2.38. The van der Waals surface area contributed by atoms with Crippen molar-refractivity contribution in [1.82, 2.24) is 9.97 Å². The third-order valence-electron chi connectivity index (χ3n) is 2.07. The zero-order chi connectivity index (χ0) is 9.59. The Kier molecular flexibility index (Phi) is 1.63. The predicted octanol–water partition coefficient (Wildman–Crippen LogP) is 1.32. The summed E-state index contributed by atoms with van der Waals surface area (Å²) in [6.07, 6.45) is 1.70. The number of nitrogen functional groups attached to an aromatic ring is 2. The summed E-state index contributed by atoms with van der Waals surface area (Å²) in [5, 5.41) is 0.611. The van der Waals surface area contributed by atoms with Crippen LogP contribution in [0.2, 0.25) is 0 Å². The number of nitrogens with two attached hydrogens (primary N) is 2. The Balaban J connectivity index is 2.94. The van der Waals surface area contributed by atoms with Crippen LogP contribution in [0.25, 0.3) is 11.0 Å². The second kappa shape index (κ2) is 2.56. The summed E-state index contributed by atoms with van der Waals surface area (Å²) in [5.41, 5.74) is 15.2. The maximum atomic E-state index is 5.84. The monoisotopic (exact) mass is 194 g/mol. The second-order valence-corrected chi connectivity index (χ2v) is 3.41. The zero-order valence-electron chi connectivity index (χ0n) is 7.13. The molecular weight excluding hydrogens is 184 g/mol. The molecule has 5 N–H and O–H groups in total. The maximum Gasteiger partial charge on any atom is 0.114 e. The van der Waals surface area contributed by atoms with Gasteiger partial charge in [0.05, 0.1) is 21.9 Å². The highest BCUT2D eigenvalue weighted by Crippen LogP contribution is 2.30. The molecule has 0 saturated carbocycles. The third kappa shape index (κ3) is 1.04. The van der Waals surface area contributed by atoms with Crippen LogP contribution in [0.15, 0.2) is 11.2 Å². The summed E-state index contributed by atoms with van der Waals surface area (Å²) in [6, 6.07) is 0. The Hall–Kier alpha value is -1.36. The fraction of sp³-hybridized carbons (Fsp3) is 0.125. The minimum Gasteiger partial charge on any atom is -0.397 e. The molecule has 0 aromatic carbocycles. The molecule has 13 heavy (non-hydrogen) atoms. The smallest absolute Gasteiger partial charge is 0.114 e. The van der Waals surface area contributed by atoms with E-state index in [9.17, 15) is 0 Å². The lowest BCUT2D eigenvalue weighted by Crippen LogP contribution is -1.93. The second-order valence-electron chi connectivity index (χ2n) is 2.97. The Morgan fingerprint density at radius 1 is 1.38 bits per heavy atom. The number of nitrogens with zero attached hydrogens (tertiary/aromatic N) is 1. The van der Waals surface area contributed by atoms with Crippen LogP contribution in [0.4, 0.5) is 11.4 Å². The van der Waals surface area contributed by atoms with Crippen molar-refractivity contribution in [2.45, 2.75) is 11.9 Å². The first-order valence-corrected chi connectivity index (χ1v) is 4.27. The molecule has 2 rings (SSSR count). The van der Waals surface area contributed by atoms with Crippen LogP contribution >= 0.6 is 12.6 Å². The molecule has 0 aliphatic carbocycles. The number of hydrogen-bond donors (Lipinski definition) is 4. The number of anilines is 2. The van der Waals surface area contributed by atoms with Crippen molar-refractivity contribution in [1.29, 1.82) is 0 Å². The highest BCUT2D eigenvalue weighted by Gasteiger charge is 2.10. The van der Waals surface area contributed by atoms with Gasteiger partial charge in [-0.3, -0.25) is 4.98 Å². The van der Waals surface area contributed by atoms with Gasteiger partial charge in [0.1, 0.15) is 5.52 Å². The van der Waals surface area contributed by atoms with Crippen LogP contribution < -0.4 is 11.5 Å². The van der Waals surface area contributed by atoms with E-state index in [1.807, 2.05) is 6.92 Å². The van der Waals surface area contributed by atoms with E-state index in [-0.39, 0.29) is 0 Å². The number of aromatic amines is 1. The van der Waals surface area contributed by atoms with Crippen molar-refractivity contribution in [3.8, 4) is 0 Å². The average molecular weight is 194 g/mol. The molecule has 0 atom stereocenters. The van der Waals surface area contributed by atoms with E-state index in [0.29, 0.717) is 21.9 Å². The minimum absolute atomic E-state index is 0.546. The van der Waals surface area contributed by atoms with Crippen molar-refractivity contribution in [2.75, 3.05) is 11.5 Å². The predicted molar refractivity (Wildman–Crippen MR) is 56.9 cm³/mol. The summed E-state index contributed by atoms with van der Waals surface area (Å²) in [7, 11) is 0. The topological polar surface area (TPSA) is 80.7 Å². The Labute approximate surface area is 80.7 Å². The van der Waals surface area contributed by atoms with E-state index in [4.69, 9.17) is 11.5 Å². The van der Waals surface area contributed by atoms with E-state index >= 15 is 0 Å². The molecule has 68 valence electrons. The van der Waals surface area contributed by atoms with Crippen molar-refractivity contribution in [3.05, 3.63) is 11.8 Å². The van der Waals surface area contributed by atoms with Crippen molar-refractivity contribution < 1.29 is 0 Å². The number of rotatable bonds is 0. The van der Waals surface area contributed by atoms with Gasteiger partial charge in [-0.15, -0.1) is 12.6 Å². The number of aryl methyl sites for hydroxylation is 1. The lowest BCUT2D eigenvalue weighted by molar-refractivity contribution is 1.25. The Bertz CT molecular complexity index is 474. The molecule has 2 heterocycles. The van der Waals surface area contributed by atoms with Crippen LogP contribution in [-0.2, 0) is 0 Å². The molecule has 0 aliphatic rings. The molecule has 5 heteroatoms. The highest BCUT2D eigenvalue weighted by molar-refractivity contribution is 7.80. The van der Waals surface area contributed by atoms with Gasteiger partial charge in [-0.05, 0) is 12.5 Å². The van der Waals surface area contributed by atoms with Crippen LogP contribution in [0.5, 0.6) is 0 Å². The van der Waals surface area contributed by atoms with Crippen molar-refractivity contribution in [3.63, 3.8) is 0 Å². The van der Waals surface area contributed by atoms with Crippen molar-refractivity contribution >= 4 is 35.0 Å². The Morgan fingerprint density at radius 3 is 2.77 bits per heavy atom. The van der Waals surface area contributed by atoms with Gasteiger partial charge >= 0.3 is 0 Å². The van der Waals surface area contributed by atoms with Gasteiger partial charge in [0, 0.05) is 6.20 Å². The first-order chi connectivity index (χ1) is 6.11. The third-order valence-corrected chi connectivity index (χ3v) is 2.42. The number of aromatic nitrogens is 2. The van der Waals surface area contributed by atoms with E-state index in [0.717, 1.165) is 11.1 Å². The molecule has 0 aliphatic heterocycles. The van der Waals surface area contributed by atoms with Gasteiger partial charge in [0.2, 0.25) is 0 Å². The van der Waals surface area contributed by atoms with Gasteiger partial charge in [-0.2, -0.15) is 0 Å². The van der Waals surface area contributed by atoms with Gasteiger partial charge in [-0.25, -0.2) is 0 Å². The minimum atomic E-state index is 0.546. The largest absolute Gasteiger partial charge is 0.397 e. The summed E-state index contributed by atoms with van der Waals surface area (Å²) in [5.74, 6) is 0. The first-order valence-electron chi connectivity index (χ1n) is 3.82. The summed E-state index contributed by atoms with van der Waals surface area (Å²) in [6.45, 7) is 1.90. The van der Waals surface area contributed by atoms with Crippen LogP contribution in [0, 0.1) is 6.92 Å². The number of pyridine rings is 1. The molecule has 0 radical (unpaired) electrons. The number of H-pyrrole nitrogens is 1. The normalized spacial score (nSPS) is 10.9. The molecule has 0 unspecified atom stereocenters. The molecule has 2 aromatic rings. The molecule has 2 aromatic heterocycles. The van der Waals surface area contributed by atoms with Crippen molar-refractivity contribution in [2.24, 2.45) is 0 Å². The molecule has 0 saturated heterocycles. The number of fused-ring (bicyclic) bond motifs is 1. The number of hydrogen-bond acceptors (Lipinski definition) is 4. The Morgan fingerprint density at radius 2 is 2.08 bits per heavy atom. The molecular formula is C8H10N4S. The fourth-order valence-electron chi connectivity index (χ4n) is 1.25. The molecule has 0 spiro atoms. The highest BCUT2D eigenvalue weighted by atomic mass is 32.1. The van der Waals surface area contributed by atoms with Gasteiger partial charge in [0.15, 0.2) is 0 Å². The lowest BCUT2D eigenvalue weighted by Gasteiger charge is -1.99. The van der Waals surface area contributed by atoms with Gasteiger partial charge in [0.25, 0.3) is 0 Å². The number of nitrogens with one attached hydrogen (secondary N) is 1. The molecule has 4 nitrogen and oxygen atoms in total. The summed E-state index contributed by atoms with van der Waals surface area (Å²) in [4.78, 5) is 7.16. The van der Waals surface area contributed by atoms with E-state index < -0.39 is 0 Å². The van der Waals surface area contributed by atoms with Gasteiger partial charge < -0.3 is 16.5 Å². The quantitative estimate of drug-likeness (QED) is 0.477. The summed E-state index contributed by atoms with van der Waals surface area (Å²) < 4.78 is 0. The fourth-order valence-corrected chi connectivity index (χ4v) is 1.47. The standard InChI is InChI=1S/C8H10N4S/c1-3-2-11-6-5(10)8(13)12-7(6)4(3)9/h2,12-13H,10H2,1H3,(H2,9,11). The molecule has 0 fully saturated rings. The first kappa shape index (κ1) is 8.25. The van der Waals surface area contributed by atoms with Crippen LogP contribution in [0.1, 0.15) is 5.56 Å². The van der Waals surface area contributed by atoms with Crippen LogP contribution in [0.3, 0.4) is 0 Å². The van der Waals surface area contributed by atoms with Gasteiger partial charge in [-0.1, -0.05) is 0 Å². The summed E-state index contributed by atoms with van der Waals surface area (Å²) >= 11 is 4.16. The maximum absolute atomic E-state index is 5.84. The van der Waals surface area contributed by atoms with E-state index in [1.165, 1.54) is 0 Å². The SMILES string of the molecule is Cc1cnc2c(N)c(S)[nH]c2c1N. The number of thiol groups is 1. The zero-order valence-corrected chi connectivity index (χ0v) is 8.02. The van der Waals surface area contributed by atoms with Crippen LogP contribution in [-0.4, -0.2) is 9.97 Å². The molecule has 0 bridgehead atoms.